The van der Waals surface area contributed by atoms with Gasteiger partial charge in [-0.25, -0.2) is 4.79 Å². The van der Waals surface area contributed by atoms with Gasteiger partial charge in [0.1, 0.15) is 5.75 Å². The van der Waals surface area contributed by atoms with Crippen LogP contribution >= 0.6 is 0 Å². The Morgan fingerprint density at radius 3 is 2.19 bits per heavy atom. The number of methoxy groups -OCH3 is 2. The summed E-state index contributed by atoms with van der Waals surface area (Å²) < 4.78 is 10.6. The molecule has 144 valence electrons. The van der Waals surface area contributed by atoms with Crippen molar-refractivity contribution in [3.63, 3.8) is 0 Å². The lowest BCUT2D eigenvalue weighted by molar-refractivity contribution is -0.147. The van der Waals surface area contributed by atoms with E-state index in [1.54, 1.807) is 7.11 Å². The largest absolute Gasteiger partial charge is 0.497 e. The SMILES string of the molecule is CC/C=C/CC(C(=O)OC)(c1ccccc1)N(CC)c1ccc(OC)cc1. The van der Waals surface area contributed by atoms with Crippen molar-refractivity contribution in [3.05, 3.63) is 72.3 Å². The number of benzene rings is 2. The van der Waals surface area contributed by atoms with Gasteiger partial charge in [-0.1, -0.05) is 49.4 Å². The first-order valence-electron chi connectivity index (χ1n) is 9.34. The highest BCUT2D eigenvalue weighted by Gasteiger charge is 2.45. The average Bonchev–Trinajstić information content (AvgIpc) is 2.73. The number of hydrogen-bond donors (Lipinski definition) is 0. The van der Waals surface area contributed by atoms with E-state index in [0.29, 0.717) is 13.0 Å². The van der Waals surface area contributed by atoms with Crippen LogP contribution in [0.15, 0.2) is 66.7 Å². The fraction of sp³-hybridized carbons (Fsp3) is 0.348. The number of hydrogen-bond acceptors (Lipinski definition) is 4. The summed E-state index contributed by atoms with van der Waals surface area (Å²) in [7, 11) is 3.09. The zero-order chi connectivity index (χ0) is 19.7. The van der Waals surface area contributed by atoms with Crippen LogP contribution < -0.4 is 9.64 Å². The van der Waals surface area contributed by atoms with Crippen LogP contribution in [0.5, 0.6) is 5.75 Å². The van der Waals surface area contributed by atoms with E-state index in [0.717, 1.165) is 23.4 Å². The van der Waals surface area contributed by atoms with Crippen LogP contribution in [-0.2, 0) is 15.1 Å². The van der Waals surface area contributed by atoms with E-state index in [1.807, 2.05) is 61.5 Å². The van der Waals surface area contributed by atoms with Crippen LogP contribution in [-0.4, -0.2) is 26.7 Å². The molecule has 0 aliphatic heterocycles. The van der Waals surface area contributed by atoms with Crippen LogP contribution in [0, 0.1) is 0 Å². The van der Waals surface area contributed by atoms with Gasteiger partial charge in [0.25, 0.3) is 0 Å². The van der Waals surface area contributed by atoms with Crippen LogP contribution in [0.25, 0.3) is 0 Å². The van der Waals surface area contributed by atoms with Gasteiger partial charge in [0.15, 0.2) is 5.54 Å². The summed E-state index contributed by atoms with van der Waals surface area (Å²) in [6, 6.07) is 17.6. The number of likely N-dealkylation sites (N-methyl/N-ethyl adjacent to an activating group) is 1. The molecule has 0 spiro atoms. The molecule has 0 saturated heterocycles. The average molecular weight is 367 g/mol. The second-order valence-electron chi connectivity index (χ2n) is 6.24. The van der Waals surface area contributed by atoms with Crippen molar-refractivity contribution in [1.29, 1.82) is 0 Å². The second kappa shape index (κ2) is 9.81. The summed E-state index contributed by atoms with van der Waals surface area (Å²) in [6.07, 6.45) is 5.59. The number of allylic oxidation sites excluding steroid dienone is 1. The number of carbonyl (C=O) groups excluding carboxylic acids is 1. The summed E-state index contributed by atoms with van der Waals surface area (Å²) in [5, 5.41) is 0. The van der Waals surface area contributed by atoms with Gasteiger partial charge in [0.05, 0.1) is 14.2 Å². The molecule has 0 aliphatic carbocycles. The van der Waals surface area contributed by atoms with Gasteiger partial charge in [-0.05, 0) is 43.2 Å². The minimum Gasteiger partial charge on any atom is -0.497 e. The third-order valence-electron chi connectivity index (χ3n) is 4.75. The highest BCUT2D eigenvalue weighted by Crippen LogP contribution is 2.38. The summed E-state index contributed by atoms with van der Waals surface area (Å²) in [5.41, 5.74) is 0.915. The predicted molar refractivity (Wildman–Crippen MR) is 110 cm³/mol. The minimum absolute atomic E-state index is 0.271. The van der Waals surface area contributed by atoms with Crippen LogP contribution in [0.3, 0.4) is 0 Å². The van der Waals surface area contributed by atoms with Crippen molar-refractivity contribution >= 4 is 11.7 Å². The van der Waals surface area contributed by atoms with Gasteiger partial charge < -0.3 is 14.4 Å². The van der Waals surface area contributed by atoms with Crippen molar-refractivity contribution in [3.8, 4) is 5.75 Å². The number of carbonyl (C=O) groups is 1. The predicted octanol–water partition coefficient (Wildman–Crippen LogP) is 4.95. The maximum absolute atomic E-state index is 13.2. The molecule has 2 aromatic carbocycles. The summed E-state index contributed by atoms with van der Waals surface area (Å²) in [6.45, 7) is 4.78. The normalized spacial score (nSPS) is 13.2. The number of esters is 1. The Morgan fingerprint density at radius 2 is 1.67 bits per heavy atom. The molecule has 0 bridgehead atoms. The first-order chi connectivity index (χ1) is 13.1. The lowest BCUT2D eigenvalue weighted by Crippen LogP contribution is -2.53. The van der Waals surface area contributed by atoms with Gasteiger partial charge >= 0.3 is 5.97 Å². The molecule has 0 saturated carbocycles. The molecule has 0 aromatic heterocycles. The van der Waals surface area contributed by atoms with E-state index in [-0.39, 0.29) is 5.97 Å². The number of ether oxygens (including phenoxy) is 2. The molecule has 27 heavy (non-hydrogen) atoms. The van der Waals surface area contributed by atoms with Crippen LogP contribution in [0.4, 0.5) is 5.69 Å². The summed E-state index contributed by atoms with van der Waals surface area (Å²) in [5.74, 6) is 0.510. The lowest BCUT2D eigenvalue weighted by atomic mass is 9.83. The Morgan fingerprint density at radius 1 is 1.00 bits per heavy atom. The molecule has 4 heteroatoms. The van der Waals surface area contributed by atoms with Crippen molar-refractivity contribution in [2.45, 2.75) is 32.2 Å². The quantitative estimate of drug-likeness (QED) is 0.464. The van der Waals surface area contributed by atoms with Gasteiger partial charge in [-0.3, -0.25) is 0 Å². The maximum atomic E-state index is 13.2. The van der Waals surface area contributed by atoms with E-state index in [9.17, 15) is 4.79 Å². The van der Waals surface area contributed by atoms with Crippen molar-refractivity contribution in [2.24, 2.45) is 0 Å². The summed E-state index contributed by atoms with van der Waals surface area (Å²) >= 11 is 0. The zero-order valence-corrected chi connectivity index (χ0v) is 16.6. The molecule has 0 amide bonds. The molecule has 1 atom stereocenters. The van der Waals surface area contributed by atoms with E-state index >= 15 is 0 Å². The first kappa shape index (κ1) is 20.6. The highest BCUT2D eigenvalue weighted by atomic mass is 16.5. The molecular weight excluding hydrogens is 338 g/mol. The second-order valence-corrected chi connectivity index (χ2v) is 6.24. The monoisotopic (exact) mass is 367 g/mol. The third-order valence-corrected chi connectivity index (χ3v) is 4.75. The Balaban J connectivity index is 2.65. The number of nitrogens with zero attached hydrogens (tertiary/aromatic N) is 1. The number of rotatable bonds is 9. The molecule has 4 nitrogen and oxygen atoms in total. The smallest absolute Gasteiger partial charge is 0.336 e. The number of anilines is 1. The van der Waals surface area contributed by atoms with E-state index in [4.69, 9.17) is 9.47 Å². The molecule has 2 aromatic rings. The van der Waals surface area contributed by atoms with Crippen LogP contribution in [0.2, 0.25) is 0 Å². The molecule has 0 heterocycles. The van der Waals surface area contributed by atoms with E-state index < -0.39 is 5.54 Å². The van der Waals surface area contributed by atoms with E-state index in [2.05, 4.69) is 24.0 Å². The van der Waals surface area contributed by atoms with Gasteiger partial charge in [0.2, 0.25) is 0 Å². The molecule has 0 fully saturated rings. The van der Waals surface area contributed by atoms with E-state index in [1.165, 1.54) is 7.11 Å². The standard InChI is InChI=1S/C23H29NO3/c1-5-7-11-18-23(22(25)27-4,19-12-9-8-10-13-19)24(6-2)20-14-16-21(26-3)17-15-20/h7-17H,5-6,18H2,1-4H3/b11-7+. The van der Waals surface area contributed by atoms with Gasteiger partial charge in [0, 0.05) is 18.7 Å². The molecule has 0 radical (unpaired) electrons. The van der Waals surface area contributed by atoms with Crippen LogP contribution in [0.1, 0.15) is 32.3 Å². The zero-order valence-electron chi connectivity index (χ0n) is 16.6. The topological polar surface area (TPSA) is 38.8 Å². The molecular formula is C23H29NO3. The van der Waals surface area contributed by atoms with Crippen molar-refractivity contribution in [2.75, 3.05) is 25.7 Å². The maximum Gasteiger partial charge on any atom is 0.336 e. The first-order valence-corrected chi connectivity index (χ1v) is 9.34. The molecule has 0 aliphatic rings. The highest BCUT2D eigenvalue weighted by molar-refractivity contribution is 5.87. The lowest BCUT2D eigenvalue weighted by Gasteiger charge is -2.42. The van der Waals surface area contributed by atoms with Gasteiger partial charge in [-0.2, -0.15) is 0 Å². The fourth-order valence-corrected chi connectivity index (χ4v) is 3.43. The van der Waals surface area contributed by atoms with Crippen molar-refractivity contribution < 1.29 is 14.3 Å². The Hall–Kier alpha value is -2.75. The minimum atomic E-state index is -0.939. The molecule has 0 N–H and O–H groups in total. The fourth-order valence-electron chi connectivity index (χ4n) is 3.43. The Labute approximate surface area is 162 Å². The summed E-state index contributed by atoms with van der Waals surface area (Å²) in [4.78, 5) is 15.3. The molecule has 1 unspecified atom stereocenters. The van der Waals surface area contributed by atoms with Gasteiger partial charge in [-0.15, -0.1) is 0 Å². The third kappa shape index (κ3) is 4.33. The Kier molecular flexibility index (Phi) is 7.47. The Bertz CT molecular complexity index is 740. The molecule has 2 rings (SSSR count). The van der Waals surface area contributed by atoms with Crippen molar-refractivity contribution in [1.82, 2.24) is 0 Å².